The van der Waals surface area contributed by atoms with Crippen LogP contribution in [0.2, 0.25) is 0 Å². The molecule has 0 radical (unpaired) electrons. The fourth-order valence-corrected chi connectivity index (χ4v) is 5.68. The Morgan fingerprint density at radius 1 is 0.976 bits per heavy atom. The number of aryl methyl sites for hydroxylation is 1. The van der Waals surface area contributed by atoms with Crippen molar-refractivity contribution in [3.8, 4) is 5.75 Å². The van der Waals surface area contributed by atoms with E-state index in [1.807, 2.05) is 20.8 Å². The summed E-state index contributed by atoms with van der Waals surface area (Å²) in [7, 11) is -2.73. The van der Waals surface area contributed by atoms with E-state index >= 15 is 0 Å². The zero-order valence-corrected chi connectivity index (χ0v) is 24.9. The molecule has 0 heterocycles. The van der Waals surface area contributed by atoms with Crippen molar-refractivity contribution in [3.63, 3.8) is 0 Å². The van der Waals surface area contributed by atoms with Gasteiger partial charge in [-0.2, -0.15) is 0 Å². The smallest absolute Gasteiger partial charge is 0.264 e. The number of rotatable bonds is 13. The number of nitrogens with zero attached hydrogens (tertiary/aromatic N) is 2. The van der Waals surface area contributed by atoms with Gasteiger partial charge in [0, 0.05) is 18.7 Å². The minimum atomic E-state index is -4.20. The van der Waals surface area contributed by atoms with Crippen molar-refractivity contribution < 1.29 is 27.1 Å². The monoisotopic (exact) mass is 583 g/mol. The second-order valence-electron chi connectivity index (χ2n) is 9.92. The maximum atomic E-state index is 14.1. The Morgan fingerprint density at radius 2 is 1.63 bits per heavy atom. The third-order valence-electron chi connectivity index (χ3n) is 6.88. The summed E-state index contributed by atoms with van der Waals surface area (Å²) in [5.41, 5.74) is 1.72. The minimum Gasteiger partial charge on any atom is -0.497 e. The molecule has 2 amide bonds. The van der Waals surface area contributed by atoms with Crippen LogP contribution in [0.5, 0.6) is 5.75 Å². The van der Waals surface area contributed by atoms with E-state index in [-0.39, 0.29) is 29.1 Å². The first-order chi connectivity index (χ1) is 19.5. The first-order valence-corrected chi connectivity index (χ1v) is 15.0. The lowest BCUT2D eigenvalue weighted by molar-refractivity contribution is -0.140. The Labute approximate surface area is 242 Å². The molecule has 10 heteroatoms. The number of nitrogens with one attached hydrogen (secondary N) is 1. The number of carbonyl (C=O) groups excluding carboxylic acids is 2. The van der Waals surface area contributed by atoms with Gasteiger partial charge in [-0.25, -0.2) is 12.8 Å². The van der Waals surface area contributed by atoms with Crippen LogP contribution < -0.4 is 14.4 Å². The average molecular weight is 584 g/mol. The number of hydrogen-bond acceptors (Lipinski definition) is 5. The molecule has 0 saturated carbocycles. The second kappa shape index (κ2) is 14.1. The van der Waals surface area contributed by atoms with E-state index in [2.05, 4.69) is 5.32 Å². The maximum absolute atomic E-state index is 14.1. The Kier molecular flexibility index (Phi) is 10.9. The van der Waals surface area contributed by atoms with Gasteiger partial charge in [-0.3, -0.25) is 13.9 Å². The number of hydrogen-bond donors (Lipinski definition) is 1. The Morgan fingerprint density at radius 3 is 2.22 bits per heavy atom. The van der Waals surface area contributed by atoms with Crippen LogP contribution in [0.15, 0.2) is 77.7 Å². The van der Waals surface area contributed by atoms with Gasteiger partial charge in [-0.15, -0.1) is 0 Å². The molecule has 1 N–H and O–H groups in total. The lowest BCUT2D eigenvalue weighted by Gasteiger charge is -2.33. The summed E-state index contributed by atoms with van der Waals surface area (Å²) in [6, 6.07) is 17.4. The topological polar surface area (TPSA) is 96.0 Å². The van der Waals surface area contributed by atoms with Gasteiger partial charge in [0.05, 0.1) is 17.7 Å². The predicted octanol–water partition coefficient (Wildman–Crippen LogP) is 5.06. The minimum absolute atomic E-state index is 0.0118. The van der Waals surface area contributed by atoms with Crippen LogP contribution in [0.25, 0.3) is 0 Å². The number of methoxy groups -OCH3 is 1. The highest BCUT2D eigenvalue weighted by molar-refractivity contribution is 7.92. The molecule has 0 aliphatic carbocycles. The third kappa shape index (κ3) is 8.07. The van der Waals surface area contributed by atoms with Crippen molar-refractivity contribution >= 4 is 27.5 Å². The number of halogens is 1. The number of amides is 2. The summed E-state index contributed by atoms with van der Waals surface area (Å²) in [6.07, 6.45) is 0.992. The molecule has 0 aliphatic rings. The molecule has 3 aromatic rings. The summed E-state index contributed by atoms with van der Waals surface area (Å²) < 4.78 is 47.9. The molecule has 0 unspecified atom stereocenters. The molecule has 41 heavy (non-hydrogen) atoms. The molecule has 0 saturated heterocycles. The van der Waals surface area contributed by atoms with Crippen LogP contribution in [0, 0.1) is 12.7 Å². The maximum Gasteiger partial charge on any atom is 0.264 e. The predicted molar refractivity (Wildman–Crippen MR) is 158 cm³/mol. The normalized spacial score (nSPS) is 12.7. The van der Waals surface area contributed by atoms with Crippen molar-refractivity contribution in [3.05, 3.63) is 89.7 Å². The number of benzene rings is 3. The molecule has 0 bridgehead atoms. The van der Waals surface area contributed by atoms with Crippen molar-refractivity contribution in [2.75, 3.05) is 18.0 Å². The lowest BCUT2D eigenvalue weighted by Crippen LogP contribution is -2.53. The molecule has 2 atom stereocenters. The average Bonchev–Trinajstić information content (AvgIpc) is 2.96. The fourth-order valence-electron chi connectivity index (χ4n) is 4.28. The molecular formula is C31H38FN3O5S. The Balaban J connectivity index is 2.07. The number of sulfonamides is 1. The van der Waals surface area contributed by atoms with Crippen molar-refractivity contribution in [2.45, 2.75) is 64.1 Å². The van der Waals surface area contributed by atoms with Gasteiger partial charge in [-0.05, 0) is 68.7 Å². The number of anilines is 1. The molecular weight excluding hydrogens is 545 g/mol. The molecule has 0 fully saturated rings. The number of carbonyl (C=O) groups is 2. The first-order valence-electron chi connectivity index (χ1n) is 13.6. The number of ether oxygens (including phenoxy) is 1. The van der Waals surface area contributed by atoms with Gasteiger partial charge in [0.15, 0.2) is 0 Å². The highest BCUT2D eigenvalue weighted by Crippen LogP contribution is 2.28. The van der Waals surface area contributed by atoms with Crippen LogP contribution in [-0.2, 0) is 26.2 Å². The standard InChI is InChI=1S/C31H38FN3O5S/c1-6-23(4)33-31(37)29(7-2)34(20-24-13-15-25(32)16-14-24)30(36)21-35(26-9-8-10-27(19-26)40-5)41(38,39)28-17-11-22(3)12-18-28/h8-19,23,29H,6-7,20-21H2,1-5H3,(H,33,37)/t23-,29-/m0/s1. The van der Waals surface area contributed by atoms with E-state index in [1.165, 1.54) is 54.5 Å². The van der Waals surface area contributed by atoms with E-state index in [9.17, 15) is 22.4 Å². The van der Waals surface area contributed by atoms with Gasteiger partial charge in [0.2, 0.25) is 11.8 Å². The van der Waals surface area contributed by atoms with Gasteiger partial charge in [0.25, 0.3) is 10.0 Å². The summed E-state index contributed by atoms with van der Waals surface area (Å²) in [5, 5.41) is 2.93. The SMILES string of the molecule is CC[C@H](C)NC(=O)[C@H](CC)N(Cc1ccc(F)cc1)C(=O)CN(c1cccc(OC)c1)S(=O)(=O)c1ccc(C)cc1. The van der Waals surface area contributed by atoms with Crippen molar-refractivity contribution in [2.24, 2.45) is 0 Å². The van der Waals surface area contributed by atoms with E-state index in [1.54, 1.807) is 37.3 Å². The summed E-state index contributed by atoms with van der Waals surface area (Å²) >= 11 is 0. The summed E-state index contributed by atoms with van der Waals surface area (Å²) in [5.74, 6) is -0.936. The molecule has 0 aromatic heterocycles. The van der Waals surface area contributed by atoms with Crippen LogP contribution in [0.3, 0.4) is 0 Å². The Hall–Kier alpha value is -3.92. The van der Waals surface area contributed by atoms with Gasteiger partial charge < -0.3 is 15.0 Å². The molecule has 3 rings (SSSR count). The van der Waals surface area contributed by atoms with E-state index in [0.717, 1.165) is 9.87 Å². The zero-order valence-electron chi connectivity index (χ0n) is 24.1. The van der Waals surface area contributed by atoms with E-state index < -0.39 is 34.3 Å². The zero-order chi connectivity index (χ0) is 30.2. The van der Waals surface area contributed by atoms with Crippen LogP contribution in [-0.4, -0.2) is 50.9 Å². The highest BCUT2D eigenvalue weighted by Gasteiger charge is 2.34. The third-order valence-corrected chi connectivity index (χ3v) is 8.67. The van der Waals surface area contributed by atoms with E-state index in [4.69, 9.17) is 4.74 Å². The van der Waals surface area contributed by atoms with Crippen LogP contribution in [0.1, 0.15) is 44.7 Å². The summed E-state index contributed by atoms with van der Waals surface area (Å²) in [6.45, 7) is 6.86. The lowest BCUT2D eigenvalue weighted by atomic mass is 10.1. The second-order valence-corrected chi connectivity index (χ2v) is 11.8. The van der Waals surface area contributed by atoms with Gasteiger partial charge >= 0.3 is 0 Å². The van der Waals surface area contributed by atoms with Gasteiger partial charge in [-0.1, -0.05) is 49.7 Å². The van der Waals surface area contributed by atoms with Gasteiger partial charge in [0.1, 0.15) is 24.2 Å². The molecule has 3 aromatic carbocycles. The van der Waals surface area contributed by atoms with Crippen LogP contribution in [0.4, 0.5) is 10.1 Å². The Bertz CT molecular complexity index is 1430. The van der Waals surface area contributed by atoms with Crippen molar-refractivity contribution in [1.82, 2.24) is 10.2 Å². The molecule has 0 spiro atoms. The van der Waals surface area contributed by atoms with Crippen molar-refractivity contribution in [1.29, 1.82) is 0 Å². The first kappa shape index (κ1) is 31.6. The molecule has 8 nitrogen and oxygen atoms in total. The molecule has 220 valence electrons. The summed E-state index contributed by atoms with van der Waals surface area (Å²) in [4.78, 5) is 28.8. The molecule has 0 aliphatic heterocycles. The highest BCUT2D eigenvalue weighted by atomic mass is 32.2. The van der Waals surface area contributed by atoms with E-state index in [0.29, 0.717) is 24.2 Å². The fraction of sp³-hybridized carbons (Fsp3) is 0.355. The largest absolute Gasteiger partial charge is 0.497 e. The van der Waals surface area contributed by atoms with Crippen LogP contribution >= 0.6 is 0 Å². The quantitative estimate of drug-likeness (QED) is 0.304.